The van der Waals surface area contributed by atoms with Crippen molar-refractivity contribution in [2.24, 2.45) is 5.73 Å². The van der Waals surface area contributed by atoms with Gasteiger partial charge in [-0.3, -0.25) is 4.79 Å². The molecule has 0 saturated carbocycles. The van der Waals surface area contributed by atoms with Gasteiger partial charge in [0.15, 0.2) is 0 Å². The Balaban J connectivity index is 2.27. The molecule has 1 fully saturated rings. The highest BCUT2D eigenvalue weighted by atomic mass is 16.5. The van der Waals surface area contributed by atoms with E-state index in [9.17, 15) is 9.90 Å². The van der Waals surface area contributed by atoms with E-state index < -0.39 is 6.10 Å². The lowest BCUT2D eigenvalue weighted by atomic mass is 10.1. The van der Waals surface area contributed by atoms with Crippen LogP contribution >= 0.6 is 0 Å². The molecule has 0 bridgehead atoms. The minimum absolute atomic E-state index is 0.159. The number of aliphatic hydroxyl groups excluding tert-OH is 1. The van der Waals surface area contributed by atoms with Crippen LogP contribution in [0.1, 0.15) is 22.8 Å². The Kier molecular flexibility index (Phi) is 5.76. The van der Waals surface area contributed by atoms with E-state index in [1.807, 2.05) is 19.9 Å². The first-order valence-corrected chi connectivity index (χ1v) is 7.58. The van der Waals surface area contributed by atoms with E-state index in [1.54, 1.807) is 17.0 Å². The summed E-state index contributed by atoms with van der Waals surface area (Å²) in [7, 11) is 0. The fraction of sp³-hybridized carbons (Fsp3) is 0.562. The molecule has 0 radical (unpaired) electrons. The van der Waals surface area contributed by atoms with E-state index in [2.05, 4.69) is 0 Å². The van der Waals surface area contributed by atoms with Crippen LogP contribution in [-0.4, -0.2) is 61.0 Å². The summed E-state index contributed by atoms with van der Waals surface area (Å²) in [5.74, 6) is 0.362. The molecule has 122 valence electrons. The lowest BCUT2D eigenvalue weighted by Gasteiger charge is -2.29. The van der Waals surface area contributed by atoms with E-state index >= 15 is 0 Å². The van der Waals surface area contributed by atoms with Crippen molar-refractivity contribution in [3.8, 4) is 5.75 Å². The van der Waals surface area contributed by atoms with E-state index in [0.29, 0.717) is 37.6 Å². The van der Waals surface area contributed by atoms with Crippen LogP contribution in [0.15, 0.2) is 18.2 Å². The second-order valence-electron chi connectivity index (χ2n) is 5.40. The highest BCUT2D eigenvalue weighted by Gasteiger charge is 2.34. The van der Waals surface area contributed by atoms with Gasteiger partial charge in [0.25, 0.3) is 5.91 Å². The molecule has 0 spiro atoms. The number of carbonyl (C=O) groups excluding carboxylic acids is 1. The predicted octanol–water partition coefficient (Wildman–Crippen LogP) is 0.554. The van der Waals surface area contributed by atoms with Gasteiger partial charge < -0.3 is 25.2 Å². The van der Waals surface area contributed by atoms with E-state index in [1.165, 1.54) is 0 Å². The van der Waals surface area contributed by atoms with Crippen molar-refractivity contribution < 1.29 is 19.4 Å². The zero-order valence-electron chi connectivity index (χ0n) is 13.1. The number of nitrogens with two attached hydrogens (primary N) is 1. The number of benzene rings is 1. The van der Waals surface area contributed by atoms with Gasteiger partial charge in [0.1, 0.15) is 12.4 Å². The third-order valence-corrected chi connectivity index (χ3v) is 3.76. The fourth-order valence-corrected chi connectivity index (χ4v) is 2.62. The summed E-state index contributed by atoms with van der Waals surface area (Å²) in [5, 5.41) is 9.98. The molecule has 1 aliphatic rings. The van der Waals surface area contributed by atoms with E-state index in [0.717, 1.165) is 5.56 Å². The van der Waals surface area contributed by atoms with Crippen LogP contribution in [0.4, 0.5) is 0 Å². The molecule has 1 saturated heterocycles. The summed E-state index contributed by atoms with van der Waals surface area (Å²) < 4.78 is 10.8. The fourth-order valence-electron chi connectivity index (χ4n) is 2.62. The van der Waals surface area contributed by atoms with Gasteiger partial charge in [0.05, 0.1) is 30.9 Å². The molecule has 2 atom stereocenters. The maximum Gasteiger partial charge on any atom is 0.258 e. The van der Waals surface area contributed by atoms with Gasteiger partial charge in [-0.05, 0) is 26.0 Å². The van der Waals surface area contributed by atoms with E-state index in [-0.39, 0.29) is 18.6 Å². The average molecular weight is 308 g/mol. The molecule has 0 aliphatic carbocycles. The first-order valence-electron chi connectivity index (χ1n) is 7.58. The summed E-state index contributed by atoms with van der Waals surface area (Å²) in [6.45, 7) is 5.66. The van der Waals surface area contributed by atoms with Crippen molar-refractivity contribution in [3.05, 3.63) is 29.3 Å². The highest BCUT2D eigenvalue weighted by Crippen LogP contribution is 2.24. The molecule has 1 aromatic carbocycles. The smallest absolute Gasteiger partial charge is 0.258 e. The number of aliphatic hydroxyl groups is 1. The van der Waals surface area contributed by atoms with Crippen LogP contribution in [0.3, 0.4) is 0 Å². The van der Waals surface area contributed by atoms with Crippen LogP contribution in [0.2, 0.25) is 0 Å². The Hall–Kier alpha value is -1.63. The predicted molar refractivity (Wildman–Crippen MR) is 83.1 cm³/mol. The second-order valence-corrected chi connectivity index (χ2v) is 5.40. The Labute approximate surface area is 130 Å². The normalized spacial score (nSPS) is 20.9. The average Bonchev–Trinajstić information content (AvgIpc) is 2.93. The van der Waals surface area contributed by atoms with Crippen LogP contribution in [0, 0.1) is 6.92 Å². The van der Waals surface area contributed by atoms with Crippen LogP contribution < -0.4 is 10.5 Å². The van der Waals surface area contributed by atoms with Gasteiger partial charge in [-0.25, -0.2) is 0 Å². The minimum Gasteiger partial charge on any atom is -0.491 e. The molecule has 3 N–H and O–H groups in total. The maximum absolute atomic E-state index is 12.9. The van der Waals surface area contributed by atoms with Gasteiger partial charge in [-0.2, -0.15) is 0 Å². The zero-order chi connectivity index (χ0) is 16.1. The molecule has 6 heteroatoms. The summed E-state index contributed by atoms with van der Waals surface area (Å²) in [4.78, 5) is 14.5. The summed E-state index contributed by atoms with van der Waals surface area (Å²) in [6.07, 6.45) is -0.651. The molecule has 2 rings (SSSR count). The molecule has 22 heavy (non-hydrogen) atoms. The summed E-state index contributed by atoms with van der Waals surface area (Å²) in [5.41, 5.74) is 6.94. The molecule has 1 aliphatic heterocycles. The Morgan fingerprint density at radius 2 is 2.27 bits per heavy atom. The van der Waals surface area contributed by atoms with Crippen LogP contribution in [0.25, 0.3) is 0 Å². The number of hydrogen-bond acceptors (Lipinski definition) is 5. The highest BCUT2D eigenvalue weighted by molar-refractivity contribution is 5.97. The van der Waals surface area contributed by atoms with Crippen molar-refractivity contribution in [2.45, 2.75) is 26.0 Å². The van der Waals surface area contributed by atoms with Crippen molar-refractivity contribution in [3.63, 3.8) is 0 Å². The van der Waals surface area contributed by atoms with E-state index in [4.69, 9.17) is 15.2 Å². The lowest BCUT2D eigenvalue weighted by Crippen LogP contribution is -2.46. The third-order valence-electron chi connectivity index (χ3n) is 3.76. The monoisotopic (exact) mass is 308 g/mol. The maximum atomic E-state index is 12.9. The van der Waals surface area contributed by atoms with Gasteiger partial charge in [-0.1, -0.05) is 11.6 Å². The number of rotatable bonds is 6. The molecule has 6 nitrogen and oxygen atoms in total. The molecule has 1 aromatic rings. The number of likely N-dealkylation sites (N-methyl/N-ethyl adjacent to an activating group) is 1. The quantitative estimate of drug-likeness (QED) is 0.802. The lowest BCUT2D eigenvalue weighted by molar-refractivity contribution is 0.0517. The first-order chi connectivity index (χ1) is 10.6. The largest absolute Gasteiger partial charge is 0.491 e. The molecule has 1 amide bonds. The van der Waals surface area contributed by atoms with Crippen LogP contribution in [-0.2, 0) is 4.74 Å². The van der Waals surface area contributed by atoms with Gasteiger partial charge in [0.2, 0.25) is 0 Å². The SMILES string of the molecule is CCN(C(=O)c1cc(C)ccc1OCCN)[C@H]1COC[C@@H]1O. The first kappa shape index (κ1) is 16.7. The van der Waals surface area contributed by atoms with Crippen molar-refractivity contribution >= 4 is 5.91 Å². The summed E-state index contributed by atoms with van der Waals surface area (Å²) >= 11 is 0. The topological polar surface area (TPSA) is 85.0 Å². The molecule has 1 heterocycles. The Morgan fingerprint density at radius 3 is 2.86 bits per heavy atom. The molecular formula is C16H24N2O4. The standard InChI is InChI=1S/C16H24N2O4/c1-3-18(13-9-21-10-14(13)19)16(20)12-8-11(2)4-5-15(12)22-7-6-17/h4-5,8,13-14,19H,3,6-7,9-10,17H2,1-2H3/t13-,14-/m0/s1. The van der Waals surface area contributed by atoms with Crippen molar-refractivity contribution in [2.75, 3.05) is 32.9 Å². The summed E-state index contributed by atoms with van der Waals surface area (Å²) in [6, 6.07) is 5.17. The third kappa shape index (κ3) is 3.58. The Morgan fingerprint density at radius 1 is 1.50 bits per heavy atom. The van der Waals surface area contributed by atoms with Crippen molar-refractivity contribution in [1.29, 1.82) is 0 Å². The number of amides is 1. The molecular weight excluding hydrogens is 284 g/mol. The number of hydrogen-bond donors (Lipinski definition) is 2. The minimum atomic E-state index is -0.651. The van der Waals surface area contributed by atoms with Crippen LogP contribution in [0.5, 0.6) is 5.75 Å². The zero-order valence-corrected chi connectivity index (χ0v) is 13.1. The van der Waals surface area contributed by atoms with Crippen molar-refractivity contribution in [1.82, 2.24) is 4.90 Å². The Bertz CT molecular complexity index is 521. The number of ether oxygens (including phenoxy) is 2. The number of nitrogens with zero attached hydrogens (tertiary/aromatic N) is 1. The second kappa shape index (κ2) is 7.58. The van der Waals surface area contributed by atoms with Gasteiger partial charge in [0, 0.05) is 13.1 Å². The molecule has 0 unspecified atom stereocenters. The molecule has 0 aromatic heterocycles. The number of aryl methyl sites for hydroxylation is 1. The van der Waals surface area contributed by atoms with Gasteiger partial charge in [-0.15, -0.1) is 0 Å². The number of carbonyl (C=O) groups is 1. The van der Waals surface area contributed by atoms with Gasteiger partial charge >= 0.3 is 0 Å².